The fourth-order valence-corrected chi connectivity index (χ4v) is 4.83. The van der Waals surface area contributed by atoms with Gasteiger partial charge in [0.15, 0.2) is 0 Å². The van der Waals surface area contributed by atoms with Gasteiger partial charge in [0.2, 0.25) is 0 Å². The van der Waals surface area contributed by atoms with Crippen molar-refractivity contribution in [3.8, 4) is 0 Å². The van der Waals surface area contributed by atoms with Gasteiger partial charge in [-0.3, -0.25) is 14.5 Å². The molecule has 0 saturated carbocycles. The van der Waals surface area contributed by atoms with Gasteiger partial charge in [-0.25, -0.2) is 9.37 Å². The molecule has 1 atom stereocenters. The second kappa shape index (κ2) is 8.90. The molecule has 0 unspecified atom stereocenters. The van der Waals surface area contributed by atoms with Gasteiger partial charge in [-0.2, -0.15) is 0 Å². The molecule has 3 aromatic rings. The van der Waals surface area contributed by atoms with Crippen molar-refractivity contribution < 1.29 is 9.18 Å². The number of aromatic nitrogens is 2. The Morgan fingerprint density at radius 1 is 1.15 bits per heavy atom. The van der Waals surface area contributed by atoms with Crippen molar-refractivity contribution in [3.63, 3.8) is 0 Å². The largest absolute Gasteiger partial charge is 0.328 e. The van der Waals surface area contributed by atoms with Crippen LogP contribution in [0.2, 0.25) is 0 Å². The van der Waals surface area contributed by atoms with E-state index in [9.17, 15) is 14.0 Å². The standard InChI is InChI=1S/C26H27FN4O2/c1-17-8-10-18(11-9-17)26(33)31-13-4-7-23(31)24-28-22-16-30(14-12-20(22)25(32)29-24)15-19-5-2-3-6-21(19)27/h2-3,5-6,8-11,23H,4,7,12-16H2,1H3,(H,28,29,32)/t23-/m0/s1. The second-order valence-corrected chi connectivity index (χ2v) is 8.95. The number of rotatable bonds is 4. The summed E-state index contributed by atoms with van der Waals surface area (Å²) in [4.78, 5) is 37.7. The van der Waals surface area contributed by atoms with E-state index < -0.39 is 0 Å². The lowest BCUT2D eigenvalue weighted by Gasteiger charge is -2.29. The number of carbonyl (C=O) groups excluding carboxylic acids is 1. The topological polar surface area (TPSA) is 69.3 Å². The molecule has 0 radical (unpaired) electrons. The Morgan fingerprint density at radius 2 is 1.94 bits per heavy atom. The minimum absolute atomic E-state index is 0.0425. The number of carbonyl (C=O) groups is 1. The van der Waals surface area contributed by atoms with Crippen molar-refractivity contribution in [2.24, 2.45) is 0 Å². The molecule has 3 heterocycles. The summed E-state index contributed by atoms with van der Waals surface area (Å²) in [6.07, 6.45) is 2.20. The molecule has 33 heavy (non-hydrogen) atoms. The van der Waals surface area contributed by atoms with Crippen LogP contribution in [0.25, 0.3) is 0 Å². The summed E-state index contributed by atoms with van der Waals surface area (Å²) in [6.45, 7) is 4.26. The molecule has 1 N–H and O–H groups in total. The van der Waals surface area contributed by atoms with Gasteiger partial charge in [0.1, 0.15) is 11.6 Å². The first-order valence-electron chi connectivity index (χ1n) is 11.4. The fourth-order valence-electron chi connectivity index (χ4n) is 4.83. The van der Waals surface area contributed by atoms with E-state index in [2.05, 4.69) is 9.88 Å². The van der Waals surface area contributed by atoms with Crippen molar-refractivity contribution >= 4 is 5.91 Å². The van der Waals surface area contributed by atoms with E-state index in [-0.39, 0.29) is 23.3 Å². The van der Waals surface area contributed by atoms with E-state index in [1.165, 1.54) is 6.07 Å². The molecule has 6 nitrogen and oxygen atoms in total. The van der Waals surface area contributed by atoms with Crippen LogP contribution >= 0.6 is 0 Å². The van der Waals surface area contributed by atoms with Crippen LogP contribution in [0.4, 0.5) is 4.39 Å². The third kappa shape index (κ3) is 4.33. The van der Waals surface area contributed by atoms with Crippen LogP contribution in [0.3, 0.4) is 0 Å². The van der Waals surface area contributed by atoms with E-state index in [1.54, 1.807) is 12.1 Å². The van der Waals surface area contributed by atoms with Crippen molar-refractivity contribution in [3.05, 3.63) is 98.5 Å². The monoisotopic (exact) mass is 446 g/mol. The van der Waals surface area contributed by atoms with Crippen molar-refractivity contribution in [2.45, 2.75) is 45.3 Å². The number of fused-ring (bicyclic) bond motifs is 1. The molecule has 0 spiro atoms. The van der Waals surface area contributed by atoms with Gasteiger partial charge < -0.3 is 9.88 Å². The van der Waals surface area contributed by atoms with Crippen LogP contribution in [0.5, 0.6) is 0 Å². The number of nitrogens with one attached hydrogen (secondary N) is 1. The van der Waals surface area contributed by atoms with Gasteiger partial charge in [-0.1, -0.05) is 35.9 Å². The van der Waals surface area contributed by atoms with Gasteiger partial charge in [0.25, 0.3) is 11.5 Å². The number of amides is 1. The average molecular weight is 447 g/mol. The maximum Gasteiger partial charge on any atom is 0.254 e. The zero-order valence-corrected chi connectivity index (χ0v) is 18.7. The molecule has 0 bridgehead atoms. The molecule has 170 valence electrons. The summed E-state index contributed by atoms with van der Waals surface area (Å²) < 4.78 is 14.1. The van der Waals surface area contributed by atoms with E-state index in [1.807, 2.05) is 42.2 Å². The number of halogens is 1. The quantitative estimate of drug-likeness (QED) is 0.663. The summed E-state index contributed by atoms with van der Waals surface area (Å²) >= 11 is 0. The van der Waals surface area contributed by atoms with E-state index in [0.29, 0.717) is 55.1 Å². The van der Waals surface area contributed by atoms with Crippen LogP contribution in [-0.2, 0) is 19.5 Å². The third-order valence-corrected chi connectivity index (χ3v) is 6.65. The van der Waals surface area contributed by atoms with Crippen LogP contribution < -0.4 is 5.56 Å². The van der Waals surface area contributed by atoms with Crippen molar-refractivity contribution in [2.75, 3.05) is 13.1 Å². The number of hydrogen-bond acceptors (Lipinski definition) is 4. The lowest BCUT2D eigenvalue weighted by Crippen LogP contribution is -2.37. The predicted molar refractivity (Wildman–Crippen MR) is 123 cm³/mol. The Hall–Kier alpha value is -3.32. The molecule has 1 aromatic heterocycles. The summed E-state index contributed by atoms with van der Waals surface area (Å²) in [6, 6.07) is 14.1. The SMILES string of the molecule is Cc1ccc(C(=O)N2CCC[C@H]2c2nc3c(c(=O)[nH]2)CCN(Cc2ccccc2F)C3)cc1. The van der Waals surface area contributed by atoms with Gasteiger partial charge in [-0.15, -0.1) is 0 Å². The second-order valence-electron chi connectivity index (χ2n) is 8.95. The molecule has 1 saturated heterocycles. The summed E-state index contributed by atoms with van der Waals surface area (Å²) in [5, 5.41) is 0. The van der Waals surface area contributed by atoms with E-state index in [4.69, 9.17) is 4.98 Å². The number of hydrogen-bond donors (Lipinski definition) is 1. The Balaban J connectivity index is 1.39. The van der Waals surface area contributed by atoms with Crippen LogP contribution in [0, 0.1) is 12.7 Å². The van der Waals surface area contributed by atoms with Crippen LogP contribution in [-0.4, -0.2) is 38.8 Å². The zero-order valence-electron chi connectivity index (χ0n) is 18.7. The predicted octanol–water partition coefficient (Wildman–Crippen LogP) is 3.75. The van der Waals surface area contributed by atoms with E-state index in [0.717, 1.165) is 24.1 Å². The Labute approximate surface area is 192 Å². The molecule has 1 amide bonds. The highest BCUT2D eigenvalue weighted by Gasteiger charge is 2.33. The normalized spacial score (nSPS) is 18.4. The molecule has 5 rings (SSSR count). The van der Waals surface area contributed by atoms with Gasteiger partial charge in [0.05, 0.1) is 11.7 Å². The maximum absolute atomic E-state index is 14.1. The number of nitrogens with zero attached hydrogens (tertiary/aromatic N) is 3. The van der Waals surface area contributed by atoms with E-state index >= 15 is 0 Å². The third-order valence-electron chi connectivity index (χ3n) is 6.65. The molecule has 0 aliphatic carbocycles. The minimum atomic E-state index is -0.251. The summed E-state index contributed by atoms with van der Waals surface area (Å²) in [5.74, 6) is 0.280. The molecule has 7 heteroatoms. The first-order chi connectivity index (χ1) is 16.0. The highest BCUT2D eigenvalue weighted by Crippen LogP contribution is 2.31. The average Bonchev–Trinajstić information content (AvgIpc) is 3.30. The molecule has 2 aromatic carbocycles. The lowest BCUT2D eigenvalue weighted by atomic mass is 10.0. The Morgan fingerprint density at radius 3 is 2.73 bits per heavy atom. The number of aryl methyl sites for hydroxylation is 1. The van der Waals surface area contributed by atoms with Crippen LogP contribution in [0.1, 0.15) is 57.5 Å². The number of likely N-dealkylation sites (tertiary alicyclic amines) is 1. The molecule has 1 fully saturated rings. The molecule has 2 aliphatic heterocycles. The van der Waals surface area contributed by atoms with Gasteiger partial charge in [-0.05, 0) is 44.4 Å². The first-order valence-corrected chi connectivity index (χ1v) is 11.4. The number of benzene rings is 2. The smallest absolute Gasteiger partial charge is 0.254 e. The number of aromatic amines is 1. The lowest BCUT2D eigenvalue weighted by molar-refractivity contribution is 0.0729. The zero-order chi connectivity index (χ0) is 22.9. The maximum atomic E-state index is 14.1. The van der Waals surface area contributed by atoms with Crippen molar-refractivity contribution in [1.82, 2.24) is 19.8 Å². The highest BCUT2D eigenvalue weighted by molar-refractivity contribution is 5.94. The fraction of sp³-hybridized carbons (Fsp3) is 0.346. The Bertz CT molecular complexity index is 1240. The van der Waals surface area contributed by atoms with Crippen LogP contribution in [0.15, 0.2) is 53.3 Å². The van der Waals surface area contributed by atoms with Gasteiger partial charge in [0, 0.05) is 42.9 Å². The van der Waals surface area contributed by atoms with Crippen molar-refractivity contribution in [1.29, 1.82) is 0 Å². The highest BCUT2D eigenvalue weighted by atomic mass is 19.1. The first kappa shape index (κ1) is 21.5. The molecular formula is C26H27FN4O2. The van der Waals surface area contributed by atoms with Gasteiger partial charge >= 0.3 is 0 Å². The molecule has 2 aliphatic rings. The minimum Gasteiger partial charge on any atom is -0.328 e. The summed E-state index contributed by atoms with van der Waals surface area (Å²) in [7, 11) is 0. The summed E-state index contributed by atoms with van der Waals surface area (Å²) in [5.41, 5.74) is 3.67. The molecular weight excluding hydrogens is 419 g/mol. The number of H-pyrrole nitrogens is 1. The Kier molecular flexibility index (Phi) is 5.81.